The van der Waals surface area contributed by atoms with Crippen LogP contribution in [-0.4, -0.2) is 64.7 Å². The van der Waals surface area contributed by atoms with Gasteiger partial charge in [0, 0.05) is 6.42 Å². The van der Waals surface area contributed by atoms with Crippen molar-refractivity contribution in [2.24, 2.45) is 0 Å². The summed E-state index contributed by atoms with van der Waals surface area (Å²) < 4.78 is 0. The maximum Gasteiger partial charge on any atom is 0.328 e. The molecule has 202 valence electrons. The molecule has 38 heavy (non-hydrogen) atoms. The molecule has 0 fully saturated rings. The predicted octanol–water partition coefficient (Wildman–Crippen LogP) is 0.126. The molecule has 2 aromatic rings. The Morgan fingerprint density at radius 1 is 0.816 bits per heavy atom. The third-order valence-corrected chi connectivity index (χ3v) is 5.51. The van der Waals surface area contributed by atoms with Crippen LogP contribution in [0.4, 0.5) is 0 Å². The topological polar surface area (TPSA) is 171 Å². The highest BCUT2D eigenvalue weighted by atomic mass is 16.4. The van der Waals surface area contributed by atoms with E-state index < -0.39 is 53.6 Å². The molecule has 0 aliphatic carbocycles. The van der Waals surface area contributed by atoms with Crippen molar-refractivity contribution in [1.29, 1.82) is 0 Å². The van der Waals surface area contributed by atoms with Gasteiger partial charge in [-0.25, -0.2) is 4.79 Å². The minimum absolute atomic E-state index is 0.0526. The molecule has 5 N–H and O–H groups in total. The number of carboxylic acid groups (broad SMARTS) is 1. The highest BCUT2D eigenvalue weighted by Crippen LogP contribution is 2.06. The van der Waals surface area contributed by atoms with Gasteiger partial charge in [0.05, 0.1) is 19.0 Å². The average molecular weight is 525 g/mol. The Morgan fingerprint density at radius 2 is 1.37 bits per heavy atom. The maximum absolute atomic E-state index is 13.0. The van der Waals surface area contributed by atoms with Crippen LogP contribution in [0.5, 0.6) is 0 Å². The minimum atomic E-state index is -1.56. The fourth-order valence-corrected chi connectivity index (χ4v) is 3.36. The van der Waals surface area contributed by atoms with Gasteiger partial charge in [-0.2, -0.15) is 0 Å². The van der Waals surface area contributed by atoms with Crippen molar-refractivity contribution in [1.82, 2.24) is 21.3 Å². The molecule has 2 atom stereocenters. The standard InChI is InChI=1S/C27H32N4O7/c1-17(23(34)25(36)28-16-22(33)31-27(2,3)26(37)38)29-24(35)20(14-18-10-6-4-7-11-18)30-21(32)15-19-12-8-5-9-13-19/h4-13,17,20H,14-16H2,1-3H3,(H,28,36)(H,29,35)(H,30,32)(H,31,33)(H,37,38)/t17?,20-/m0/s1. The Kier molecular flexibility index (Phi) is 10.7. The van der Waals surface area contributed by atoms with Crippen LogP contribution in [0.2, 0.25) is 0 Å². The first-order chi connectivity index (χ1) is 17.9. The largest absolute Gasteiger partial charge is 0.480 e. The van der Waals surface area contributed by atoms with E-state index in [4.69, 9.17) is 5.11 Å². The van der Waals surface area contributed by atoms with Gasteiger partial charge in [-0.15, -0.1) is 0 Å². The quantitative estimate of drug-likeness (QED) is 0.232. The van der Waals surface area contributed by atoms with Gasteiger partial charge in [-0.1, -0.05) is 60.7 Å². The van der Waals surface area contributed by atoms with E-state index in [1.165, 1.54) is 20.8 Å². The van der Waals surface area contributed by atoms with Crippen LogP contribution < -0.4 is 21.3 Å². The lowest BCUT2D eigenvalue weighted by Gasteiger charge is -2.22. The summed E-state index contributed by atoms with van der Waals surface area (Å²) in [6.45, 7) is 3.21. The first-order valence-corrected chi connectivity index (χ1v) is 11.9. The van der Waals surface area contributed by atoms with Crippen LogP contribution in [0.25, 0.3) is 0 Å². The summed E-state index contributed by atoms with van der Waals surface area (Å²) in [5.74, 6) is -5.28. The van der Waals surface area contributed by atoms with E-state index >= 15 is 0 Å². The van der Waals surface area contributed by atoms with Crippen molar-refractivity contribution in [2.75, 3.05) is 6.54 Å². The van der Waals surface area contributed by atoms with Crippen molar-refractivity contribution >= 4 is 35.4 Å². The second-order valence-corrected chi connectivity index (χ2v) is 9.23. The predicted molar refractivity (Wildman–Crippen MR) is 138 cm³/mol. The summed E-state index contributed by atoms with van der Waals surface area (Å²) in [6, 6.07) is 15.7. The van der Waals surface area contributed by atoms with Crippen molar-refractivity contribution in [3.63, 3.8) is 0 Å². The van der Waals surface area contributed by atoms with E-state index in [1.54, 1.807) is 48.5 Å². The zero-order chi connectivity index (χ0) is 28.3. The van der Waals surface area contributed by atoms with E-state index in [0.29, 0.717) is 0 Å². The second kappa shape index (κ2) is 13.7. The molecule has 0 radical (unpaired) electrons. The summed E-state index contributed by atoms with van der Waals surface area (Å²) >= 11 is 0. The Morgan fingerprint density at radius 3 is 1.92 bits per heavy atom. The third kappa shape index (κ3) is 9.49. The highest BCUT2D eigenvalue weighted by molar-refractivity contribution is 6.38. The number of carbonyl (C=O) groups is 6. The van der Waals surface area contributed by atoms with E-state index in [9.17, 15) is 28.8 Å². The summed E-state index contributed by atoms with van der Waals surface area (Å²) in [5, 5.41) is 18.5. The molecular formula is C27H32N4O7. The number of ketones is 1. The third-order valence-electron chi connectivity index (χ3n) is 5.51. The molecule has 11 heteroatoms. The van der Waals surface area contributed by atoms with Crippen LogP contribution >= 0.6 is 0 Å². The number of carbonyl (C=O) groups excluding carboxylic acids is 5. The monoisotopic (exact) mass is 524 g/mol. The lowest BCUT2D eigenvalue weighted by molar-refractivity contribution is -0.146. The molecule has 0 saturated heterocycles. The Hall–Kier alpha value is -4.54. The molecule has 0 saturated carbocycles. The number of hydrogen-bond donors (Lipinski definition) is 5. The summed E-state index contributed by atoms with van der Waals surface area (Å²) in [4.78, 5) is 73.4. The van der Waals surface area contributed by atoms with Gasteiger partial charge in [0.1, 0.15) is 11.6 Å². The Balaban J connectivity index is 1.99. The number of nitrogens with one attached hydrogen (secondary N) is 4. The second-order valence-electron chi connectivity index (χ2n) is 9.23. The number of aliphatic carboxylic acids is 1. The van der Waals surface area contributed by atoms with E-state index in [1.807, 2.05) is 12.1 Å². The van der Waals surface area contributed by atoms with Crippen molar-refractivity contribution < 1.29 is 33.9 Å². The normalized spacial score (nSPS) is 12.4. The van der Waals surface area contributed by atoms with Crippen molar-refractivity contribution in [2.45, 2.75) is 51.2 Å². The number of carboxylic acids is 1. The molecule has 0 aliphatic heterocycles. The molecule has 4 amide bonds. The van der Waals surface area contributed by atoms with Gasteiger partial charge in [-0.05, 0) is 31.9 Å². The van der Waals surface area contributed by atoms with Crippen LogP contribution in [0, 0.1) is 0 Å². The first-order valence-electron chi connectivity index (χ1n) is 11.9. The van der Waals surface area contributed by atoms with Gasteiger partial charge < -0.3 is 26.4 Å². The molecule has 0 bridgehead atoms. The number of hydrogen-bond acceptors (Lipinski definition) is 6. The molecule has 0 spiro atoms. The molecule has 0 aliphatic rings. The van der Waals surface area contributed by atoms with E-state index in [-0.39, 0.29) is 18.7 Å². The van der Waals surface area contributed by atoms with E-state index in [0.717, 1.165) is 11.1 Å². The van der Waals surface area contributed by atoms with Gasteiger partial charge in [0.25, 0.3) is 5.91 Å². The number of amides is 4. The van der Waals surface area contributed by atoms with Gasteiger partial charge in [-0.3, -0.25) is 24.0 Å². The molecule has 1 unspecified atom stereocenters. The highest BCUT2D eigenvalue weighted by Gasteiger charge is 2.30. The number of rotatable bonds is 13. The van der Waals surface area contributed by atoms with E-state index in [2.05, 4.69) is 21.3 Å². The summed E-state index contributed by atoms with van der Waals surface area (Å²) in [6.07, 6.45) is 0.205. The lowest BCUT2D eigenvalue weighted by atomic mass is 10.0. The summed E-state index contributed by atoms with van der Waals surface area (Å²) in [7, 11) is 0. The van der Waals surface area contributed by atoms with Gasteiger partial charge >= 0.3 is 5.97 Å². The molecule has 11 nitrogen and oxygen atoms in total. The Bertz CT molecular complexity index is 1170. The van der Waals surface area contributed by atoms with Crippen LogP contribution in [0.1, 0.15) is 31.9 Å². The average Bonchev–Trinajstić information content (AvgIpc) is 2.87. The number of benzene rings is 2. The molecule has 0 heterocycles. The zero-order valence-electron chi connectivity index (χ0n) is 21.4. The van der Waals surface area contributed by atoms with Crippen molar-refractivity contribution in [3.8, 4) is 0 Å². The molecular weight excluding hydrogens is 492 g/mol. The molecule has 2 rings (SSSR count). The van der Waals surface area contributed by atoms with Gasteiger partial charge in [0.15, 0.2) is 0 Å². The van der Waals surface area contributed by atoms with Crippen LogP contribution in [-0.2, 0) is 41.6 Å². The fraction of sp³-hybridized carbons (Fsp3) is 0.333. The molecule has 2 aromatic carbocycles. The SMILES string of the molecule is CC(NC(=O)[C@H](Cc1ccccc1)NC(=O)Cc1ccccc1)C(=O)C(=O)NCC(=O)NC(C)(C)C(=O)O. The lowest BCUT2D eigenvalue weighted by Crippen LogP contribution is -2.55. The maximum atomic E-state index is 13.0. The summed E-state index contributed by atoms with van der Waals surface area (Å²) in [5.41, 5.74) is -0.0224. The van der Waals surface area contributed by atoms with Gasteiger partial charge in [0.2, 0.25) is 23.5 Å². The smallest absolute Gasteiger partial charge is 0.328 e. The molecule has 0 aromatic heterocycles. The van der Waals surface area contributed by atoms with Crippen molar-refractivity contribution in [3.05, 3.63) is 71.8 Å². The Labute approximate surface area is 220 Å². The minimum Gasteiger partial charge on any atom is -0.480 e. The zero-order valence-corrected chi connectivity index (χ0v) is 21.4. The fourth-order valence-electron chi connectivity index (χ4n) is 3.36. The van der Waals surface area contributed by atoms with Crippen LogP contribution in [0.3, 0.4) is 0 Å². The first kappa shape index (κ1) is 29.7. The number of Topliss-reactive ketones (excluding diaryl/α,β-unsaturated/α-hetero) is 1. The van der Waals surface area contributed by atoms with Crippen LogP contribution in [0.15, 0.2) is 60.7 Å².